The van der Waals surface area contributed by atoms with E-state index in [9.17, 15) is 9.65 Å². The minimum atomic E-state index is -0.279. The molecule has 0 bridgehead atoms. The van der Waals surface area contributed by atoms with E-state index in [-0.39, 0.29) is 11.9 Å². The lowest BCUT2D eigenvalue weighted by Crippen LogP contribution is -2.09. The molecule has 0 aliphatic heterocycles. The van der Waals surface area contributed by atoms with Gasteiger partial charge in [-0.05, 0) is 31.0 Å². The SMILES string of the molecule is CC[C@@H](C)n1nc(Cc2ccc(F)cc2)c(C#N)c1N. The normalized spacial score (nSPS) is 12.1. The monoisotopic (exact) mass is 272 g/mol. The van der Waals surface area contributed by atoms with Crippen LogP contribution in [0.5, 0.6) is 0 Å². The van der Waals surface area contributed by atoms with Gasteiger partial charge in [0.1, 0.15) is 23.3 Å². The molecule has 2 N–H and O–H groups in total. The number of anilines is 1. The van der Waals surface area contributed by atoms with Gasteiger partial charge in [0.05, 0.1) is 11.7 Å². The summed E-state index contributed by atoms with van der Waals surface area (Å²) in [5.74, 6) is 0.123. The Morgan fingerprint density at radius 1 is 1.40 bits per heavy atom. The van der Waals surface area contributed by atoms with Crippen molar-refractivity contribution in [2.75, 3.05) is 5.73 Å². The van der Waals surface area contributed by atoms with Crippen LogP contribution in [0.3, 0.4) is 0 Å². The van der Waals surface area contributed by atoms with Gasteiger partial charge in [-0.2, -0.15) is 10.4 Å². The molecule has 5 heteroatoms. The lowest BCUT2D eigenvalue weighted by atomic mass is 10.1. The molecule has 1 heterocycles. The molecule has 2 aromatic rings. The van der Waals surface area contributed by atoms with Crippen molar-refractivity contribution in [3.8, 4) is 6.07 Å². The van der Waals surface area contributed by atoms with Crippen LogP contribution in [-0.2, 0) is 6.42 Å². The number of nitrogens with two attached hydrogens (primary N) is 1. The molecular weight excluding hydrogens is 255 g/mol. The molecule has 0 spiro atoms. The van der Waals surface area contributed by atoms with Crippen molar-refractivity contribution in [2.24, 2.45) is 0 Å². The van der Waals surface area contributed by atoms with Crippen LogP contribution >= 0.6 is 0 Å². The Hall–Kier alpha value is -2.35. The van der Waals surface area contributed by atoms with E-state index >= 15 is 0 Å². The third kappa shape index (κ3) is 2.64. The second-order valence-corrected chi connectivity index (χ2v) is 4.82. The molecule has 2 rings (SSSR count). The molecule has 0 amide bonds. The fourth-order valence-corrected chi connectivity index (χ4v) is 2.05. The lowest BCUT2D eigenvalue weighted by Gasteiger charge is -2.10. The molecule has 104 valence electrons. The van der Waals surface area contributed by atoms with Crippen LogP contribution in [0.4, 0.5) is 10.2 Å². The van der Waals surface area contributed by atoms with E-state index in [1.165, 1.54) is 12.1 Å². The molecule has 0 fully saturated rings. The number of nitrogens with zero attached hydrogens (tertiary/aromatic N) is 3. The van der Waals surface area contributed by atoms with Crippen molar-refractivity contribution in [3.05, 3.63) is 46.9 Å². The van der Waals surface area contributed by atoms with Crippen LogP contribution in [0.15, 0.2) is 24.3 Å². The molecule has 20 heavy (non-hydrogen) atoms. The van der Waals surface area contributed by atoms with E-state index in [1.54, 1.807) is 16.8 Å². The third-order valence-electron chi connectivity index (χ3n) is 3.42. The van der Waals surface area contributed by atoms with Gasteiger partial charge in [0, 0.05) is 6.42 Å². The molecule has 1 aromatic carbocycles. The largest absolute Gasteiger partial charge is 0.383 e. The molecule has 1 aromatic heterocycles. The summed E-state index contributed by atoms with van der Waals surface area (Å²) >= 11 is 0. The van der Waals surface area contributed by atoms with Gasteiger partial charge in [-0.25, -0.2) is 9.07 Å². The van der Waals surface area contributed by atoms with Gasteiger partial charge in [-0.1, -0.05) is 19.1 Å². The summed E-state index contributed by atoms with van der Waals surface area (Å²) in [6, 6.07) is 8.43. The van der Waals surface area contributed by atoms with Crippen molar-refractivity contribution in [1.82, 2.24) is 9.78 Å². The standard InChI is InChI=1S/C15H17FN4/c1-3-10(2)20-15(18)13(9-17)14(19-20)8-11-4-6-12(16)7-5-11/h4-7,10H,3,8,18H2,1-2H3/t10-/m1/s1. The number of hydrogen-bond donors (Lipinski definition) is 1. The second kappa shape index (κ2) is 5.74. The topological polar surface area (TPSA) is 67.6 Å². The maximum Gasteiger partial charge on any atom is 0.140 e. The highest BCUT2D eigenvalue weighted by molar-refractivity contribution is 5.53. The summed E-state index contributed by atoms with van der Waals surface area (Å²) in [4.78, 5) is 0. The van der Waals surface area contributed by atoms with E-state index in [4.69, 9.17) is 5.73 Å². The minimum Gasteiger partial charge on any atom is -0.383 e. The van der Waals surface area contributed by atoms with Crippen LogP contribution in [-0.4, -0.2) is 9.78 Å². The van der Waals surface area contributed by atoms with Crippen molar-refractivity contribution in [3.63, 3.8) is 0 Å². The lowest BCUT2D eigenvalue weighted by molar-refractivity contribution is 0.481. The predicted molar refractivity (Wildman–Crippen MR) is 75.6 cm³/mol. The van der Waals surface area contributed by atoms with Crippen LogP contribution in [0, 0.1) is 17.1 Å². The first-order valence-corrected chi connectivity index (χ1v) is 6.58. The number of benzene rings is 1. The first-order chi connectivity index (χ1) is 9.56. The van der Waals surface area contributed by atoms with Gasteiger partial charge >= 0.3 is 0 Å². The Morgan fingerprint density at radius 2 is 2.05 bits per heavy atom. The van der Waals surface area contributed by atoms with Crippen molar-refractivity contribution in [2.45, 2.75) is 32.7 Å². The quantitative estimate of drug-likeness (QED) is 0.930. The molecular formula is C15H17FN4. The van der Waals surface area contributed by atoms with E-state index in [2.05, 4.69) is 11.2 Å². The maximum atomic E-state index is 12.9. The zero-order valence-electron chi connectivity index (χ0n) is 11.6. The number of aromatic nitrogens is 2. The Bertz CT molecular complexity index is 637. The molecule has 0 aliphatic carbocycles. The van der Waals surface area contributed by atoms with Crippen LogP contribution in [0.1, 0.15) is 43.1 Å². The van der Waals surface area contributed by atoms with E-state index in [0.717, 1.165) is 12.0 Å². The van der Waals surface area contributed by atoms with Gasteiger partial charge < -0.3 is 5.73 Å². The minimum absolute atomic E-state index is 0.143. The summed E-state index contributed by atoms with van der Waals surface area (Å²) in [7, 11) is 0. The third-order valence-corrected chi connectivity index (χ3v) is 3.42. The maximum absolute atomic E-state index is 12.9. The van der Waals surface area contributed by atoms with Gasteiger partial charge in [-0.3, -0.25) is 0 Å². The van der Waals surface area contributed by atoms with Crippen molar-refractivity contribution < 1.29 is 4.39 Å². The molecule has 1 atom stereocenters. The second-order valence-electron chi connectivity index (χ2n) is 4.82. The highest BCUT2D eigenvalue weighted by atomic mass is 19.1. The summed E-state index contributed by atoms with van der Waals surface area (Å²) in [5, 5.41) is 13.7. The average Bonchev–Trinajstić information content (AvgIpc) is 2.76. The van der Waals surface area contributed by atoms with E-state index < -0.39 is 0 Å². The van der Waals surface area contributed by atoms with Crippen LogP contribution < -0.4 is 5.73 Å². The summed E-state index contributed by atoms with van der Waals surface area (Å²) in [6.07, 6.45) is 1.35. The van der Waals surface area contributed by atoms with Gasteiger partial charge in [-0.15, -0.1) is 0 Å². The number of rotatable bonds is 4. The van der Waals surface area contributed by atoms with Gasteiger partial charge in [0.25, 0.3) is 0 Å². The number of nitriles is 1. The Balaban J connectivity index is 2.36. The fourth-order valence-electron chi connectivity index (χ4n) is 2.05. The number of nitrogen functional groups attached to an aromatic ring is 1. The Kier molecular flexibility index (Phi) is 4.04. The Morgan fingerprint density at radius 3 is 2.60 bits per heavy atom. The van der Waals surface area contributed by atoms with Gasteiger partial charge in [0.2, 0.25) is 0 Å². The first kappa shape index (κ1) is 14.1. The fraction of sp³-hybridized carbons (Fsp3) is 0.333. The zero-order valence-corrected chi connectivity index (χ0v) is 11.6. The predicted octanol–water partition coefficient (Wildman–Crippen LogP) is 3.04. The molecule has 0 radical (unpaired) electrons. The van der Waals surface area contributed by atoms with Crippen LogP contribution in [0.2, 0.25) is 0 Å². The van der Waals surface area contributed by atoms with Crippen molar-refractivity contribution in [1.29, 1.82) is 5.26 Å². The zero-order chi connectivity index (χ0) is 14.7. The molecule has 4 nitrogen and oxygen atoms in total. The molecule has 0 saturated carbocycles. The molecule has 0 saturated heterocycles. The summed E-state index contributed by atoms with van der Waals surface area (Å²) in [5.41, 5.74) is 7.93. The van der Waals surface area contributed by atoms with Crippen molar-refractivity contribution >= 4 is 5.82 Å². The molecule has 0 aliphatic rings. The number of halogens is 1. The molecule has 0 unspecified atom stereocenters. The van der Waals surface area contributed by atoms with Gasteiger partial charge in [0.15, 0.2) is 0 Å². The highest BCUT2D eigenvalue weighted by Crippen LogP contribution is 2.23. The summed E-state index contributed by atoms with van der Waals surface area (Å²) in [6.45, 7) is 4.05. The van der Waals surface area contributed by atoms with E-state index in [1.807, 2.05) is 13.8 Å². The number of hydrogen-bond acceptors (Lipinski definition) is 3. The average molecular weight is 272 g/mol. The Labute approximate surface area is 117 Å². The van der Waals surface area contributed by atoms with Crippen LogP contribution in [0.25, 0.3) is 0 Å². The first-order valence-electron chi connectivity index (χ1n) is 6.58. The smallest absolute Gasteiger partial charge is 0.140 e. The van der Waals surface area contributed by atoms with E-state index in [0.29, 0.717) is 23.5 Å². The highest BCUT2D eigenvalue weighted by Gasteiger charge is 2.18. The summed E-state index contributed by atoms with van der Waals surface area (Å²) < 4.78 is 14.6.